The van der Waals surface area contributed by atoms with E-state index in [0.717, 1.165) is 47.8 Å². The Morgan fingerprint density at radius 3 is 3.00 bits per heavy atom. The predicted octanol–water partition coefficient (Wildman–Crippen LogP) is 2.58. The summed E-state index contributed by atoms with van der Waals surface area (Å²) < 4.78 is 7.33. The van der Waals surface area contributed by atoms with Crippen molar-refractivity contribution in [2.75, 3.05) is 6.61 Å². The Bertz CT molecular complexity index is 672. The molecule has 2 aromatic rings. The summed E-state index contributed by atoms with van der Waals surface area (Å²) in [5.74, 6) is 0.0566. The number of aldehydes is 1. The highest BCUT2D eigenvalue weighted by Gasteiger charge is 2.25. The minimum absolute atomic E-state index is 0.244. The Labute approximate surface area is 117 Å². The van der Waals surface area contributed by atoms with Gasteiger partial charge in [-0.1, -0.05) is 18.2 Å². The van der Waals surface area contributed by atoms with Crippen LogP contribution in [0.15, 0.2) is 24.3 Å². The molecule has 1 aromatic heterocycles. The lowest BCUT2D eigenvalue weighted by Crippen LogP contribution is -2.24. The van der Waals surface area contributed by atoms with Crippen LogP contribution in [0.5, 0.6) is 0 Å². The number of aryl methyl sites for hydroxylation is 1. The molecule has 104 valence electrons. The number of carbonyl (C=O) groups is 2. The molecule has 0 bridgehead atoms. The van der Waals surface area contributed by atoms with Gasteiger partial charge in [-0.25, -0.2) is 0 Å². The summed E-state index contributed by atoms with van der Waals surface area (Å²) in [6.45, 7) is 2.74. The molecule has 4 nitrogen and oxygen atoms in total. The first-order valence-corrected chi connectivity index (χ1v) is 6.89. The molecule has 0 N–H and O–H groups in total. The topological polar surface area (TPSA) is 48.3 Å². The molecular formula is C16H17NO3. The average molecular weight is 271 g/mol. The zero-order valence-corrected chi connectivity index (χ0v) is 11.5. The highest BCUT2D eigenvalue weighted by Crippen LogP contribution is 2.31. The van der Waals surface area contributed by atoms with Gasteiger partial charge in [0.1, 0.15) is 0 Å². The summed E-state index contributed by atoms with van der Waals surface area (Å²) in [7, 11) is 0. The van der Waals surface area contributed by atoms with Gasteiger partial charge in [-0.15, -0.1) is 0 Å². The quantitative estimate of drug-likeness (QED) is 0.637. The Hall–Kier alpha value is -2.10. The number of benzene rings is 1. The van der Waals surface area contributed by atoms with Crippen molar-refractivity contribution in [3.05, 3.63) is 35.5 Å². The second kappa shape index (κ2) is 5.12. The molecule has 20 heavy (non-hydrogen) atoms. The number of ether oxygens (including phenoxy) is 1. The Kier molecular flexibility index (Phi) is 3.30. The third-order valence-electron chi connectivity index (χ3n) is 4.00. The van der Waals surface area contributed by atoms with Crippen LogP contribution in [0, 0.1) is 5.92 Å². The molecule has 1 unspecified atom stereocenters. The third-order valence-corrected chi connectivity index (χ3v) is 4.00. The largest absolute Gasteiger partial charge is 0.466 e. The number of fused-ring (bicyclic) bond motifs is 3. The normalized spacial score (nSPS) is 17.8. The van der Waals surface area contributed by atoms with E-state index in [4.69, 9.17) is 4.74 Å². The first-order valence-electron chi connectivity index (χ1n) is 6.89. The van der Waals surface area contributed by atoms with Gasteiger partial charge in [0, 0.05) is 41.5 Å². The van der Waals surface area contributed by atoms with E-state index in [0.29, 0.717) is 12.5 Å². The molecule has 1 atom stereocenters. The number of para-hydroxylation sites is 1. The lowest BCUT2D eigenvalue weighted by Gasteiger charge is -2.24. The summed E-state index contributed by atoms with van der Waals surface area (Å²) >= 11 is 0. The van der Waals surface area contributed by atoms with Crippen molar-refractivity contribution in [1.82, 2.24) is 4.57 Å². The summed E-state index contributed by atoms with van der Waals surface area (Å²) in [5, 5.41) is 1.02. The molecule has 1 aromatic carbocycles. The van der Waals surface area contributed by atoms with Gasteiger partial charge in [-0.3, -0.25) is 9.59 Å². The molecule has 1 aliphatic rings. The maximum atomic E-state index is 11.4. The fourth-order valence-electron chi connectivity index (χ4n) is 3.05. The highest BCUT2D eigenvalue weighted by molar-refractivity contribution is 5.99. The summed E-state index contributed by atoms with van der Waals surface area (Å²) in [6, 6.07) is 8.00. The molecule has 3 rings (SSSR count). The van der Waals surface area contributed by atoms with E-state index >= 15 is 0 Å². The van der Waals surface area contributed by atoms with Gasteiger partial charge >= 0.3 is 5.97 Å². The van der Waals surface area contributed by atoms with E-state index in [1.165, 1.54) is 6.92 Å². The molecule has 0 spiro atoms. The maximum absolute atomic E-state index is 11.4. The van der Waals surface area contributed by atoms with E-state index in [1.807, 2.05) is 18.2 Å². The lowest BCUT2D eigenvalue weighted by molar-refractivity contribution is -0.142. The van der Waals surface area contributed by atoms with Crippen molar-refractivity contribution in [3.63, 3.8) is 0 Å². The smallest absolute Gasteiger partial charge is 0.302 e. The summed E-state index contributed by atoms with van der Waals surface area (Å²) in [6.07, 6.45) is 2.70. The highest BCUT2D eigenvalue weighted by atomic mass is 16.5. The van der Waals surface area contributed by atoms with E-state index in [-0.39, 0.29) is 5.97 Å². The van der Waals surface area contributed by atoms with Crippen LogP contribution in [0.25, 0.3) is 10.9 Å². The maximum Gasteiger partial charge on any atom is 0.302 e. The Morgan fingerprint density at radius 2 is 2.25 bits per heavy atom. The van der Waals surface area contributed by atoms with E-state index in [2.05, 4.69) is 10.6 Å². The van der Waals surface area contributed by atoms with Gasteiger partial charge in [0.05, 0.1) is 6.61 Å². The number of aromatic nitrogens is 1. The second-order valence-electron chi connectivity index (χ2n) is 5.31. The molecule has 0 saturated heterocycles. The van der Waals surface area contributed by atoms with Gasteiger partial charge in [0.15, 0.2) is 6.29 Å². The monoisotopic (exact) mass is 271 g/mol. The minimum atomic E-state index is -0.244. The molecule has 0 saturated carbocycles. The van der Waals surface area contributed by atoms with Crippen LogP contribution in [-0.2, 0) is 22.5 Å². The van der Waals surface area contributed by atoms with Crippen molar-refractivity contribution in [2.45, 2.75) is 26.3 Å². The molecule has 0 fully saturated rings. The van der Waals surface area contributed by atoms with Crippen LogP contribution in [0.1, 0.15) is 29.4 Å². The van der Waals surface area contributed by atoms with Gasteiger partial charge in [0.2, 0.25) is 0 Å². The molecule has 0 aliphatic carbocycles. The minimum Gasteiger partial charge on any atom is -0.466 e. The number of hydrogen-bond donors (Lipinski definition) is 0. The van der Waals surface area contributed by atoms with E-state index in [9.17, 15) is 9.59 Å². The van der Waals surface area contributed by atoms with Crippen LogP contribution in [-0.4, -0.2) is 23.4 Å². The summed E-state index contributed by atoms with van der Waals surface area (Å²) in [5.41, 5.74) is 2.98. The first-order chi connectivity index (χ1) is 9.70. The number of nitrogens with zero attached hydrogens (tertiary/aromatic N) is 1. The number of carbonyl (C=O) groups excluding carboxylic acids is 2. The summed E-state index contributed by atoms with van der Waals surface area (Å²) in [4.78, 5) is 22.3. The standard InChI is InChI=1S/C16H17NO3/c1-11(19)20-10-12-6-7-17-15-5-3-2-4-13(15)14(9-18)16(17)8-12/h2-5,9,12H,6-8,10H2,1H3. The van der Waals surface area contributed by atoms with Crippen LogP contribution in [0.3, 0.4) is 0 Å². The zero-order chi connectivity index (χ0) is 14.1. The van der Waals surface area contributed by atoms with Gasteiger partial charge in [-0.2, -0.15) is 0 Å². The van der Waals surface area contributed by atoms with Crippen molar-refractivity contribution in [3.8, 4) is 0 Å². The zero-order valence-electron chi connectivity index (χ0n) is 11.5. The van der Waals surface area contributed by atoms with Gasteiger partial charge < -0.3 is 9.30 Å². The number of esters is 1. The Morgan fingerprint density at radius 1 is 1.45 bits per heavy atom. The van der Waals surface area contributed by atoms with Crippen LogP contribution in [0.4, 0.5) is 0 Å². The van der Waals surface area contributed by atoms with Crippen molar-refractivity contribution >= 4 is 23.2 Å². The van der Waals surface area contributed by atoms with Gasteiger partial charge in [-0.05, 0) is 18.9 Å². The fourth-order valence-corrected chi connectivity index (χ4v) is 3.05. The van der Waals surface area contributed by atoms with E-state index < -0.39 is 0 Å². The SMILES string of the molecule is CC(=O)OCC1CCn2c(c(C=O)c3ccccc32)C1. The Balaban J connectivity index is 1.96. The van der Waals surface area contributed by atoms with Gasteiger partial charge in [0.25, 0.3) is 0 Å². The molecule has 1 aliphatic heterocycles. The lowest BCUT2D eigenvalue weighted by atomic mass is 9.95. The van der Waals surface area contributed by atoms with Crippen LogP contribution >= 0.6 is 0 Å². The fraction of sp³-hybridized carbons (Fsp3) is 0.375. The van der Waals surface area contributed by atoms with E-state index in [1.54, 1.807) is 0 Å². The molecule has 2 heterocycles. The molecular weight excluding hydrogens is 254 g/mol. The molecule has 0 radical (unpaired) electrons. The van der Waals surface area contributed by atoms with Crippen LogP contribution < -0.4 is 0 Å². The van der Waals surface area contributed by atoms with Crippen molar-refractivity contribution < 1.29 is 14.3 Å². The number of hydrogen-bond acceptors (Lipinski definition) is 3. The molecule has 0 amide bonds. The third kappa shape index (κ3) is 2.11. The van der Waals surface area contributed by atoms with Crippen LogP contribution in [0.2, 0.25) is 0 Å². The average Bonchev–Trinajstić information content (AvgIpc) is 2.78. The molecule has 4 heteroatoms. The first kappa shape index (κ1) is 12.9. The number of rotatable bonds is 3. The predicted molar refractivity (Wildman–Crippen MR) is 75.8 cm³/mol. The van der Waals surface area contributed by atoms with Crippen molar-refractivity contribution in [2.24, 2.45) is 5.92 Å². The second-order valence-corrected chi connectivity index (χ2v) is 5.31. The van der Waals surface area contributed by atoms with Crippen molar-refractivity contribution in [1.29, 1.82) is 0 Å².